The number of likely N-dealkylation sites (tertiary alicyclic amines) is 1. The van der Waals surface area contributed by atoms with Crippen LogP contribution in [0.15, 0.2) is 34.9 Å². The van der Waals surface area contributed by atoms with E-state index in [2.05, 4.69) is 10.5 Å². The van der Waals surface area contributed by atoms with E-state index in [1.54, 1.807) is 49.1 Å². The summed E-state index contributed by atoms with van der Waals surface area (Å²) in [5.41, 5.74) is 0.906. The third-order valence-corrected chi connectivity index (χ3v) is 5.57. The first-order valence-electron chi connectivity index (χ1n) is 9.86. The van der Waals surface area contributed by atoms with Gasteiger partial charge in [-0.2, -0.15) is 0 Å². The van der Waals surface area contributed by atoms with Crippen LogP contribution in [-0.2, 0) is 4.79 Å². The molecule has 0 bridgehead atoms. The number of carbonyl (C=O) groups excluding carboxylic acids is 4. The van der Waals surface area contributed by atoms with Gasteiger partial charge in [-0.25, -0.2) is 0 Å². The Labute approximate surface area is 173 Å². The molecule has 30 heavy (non-hydrogen) atoms. The molecule has 3 heterocycles. The highest BCUT2D eigenvalue weighted by atomic mass is 16.5. The molecule has 4 amide bonds. The normalized spacial score (nSPS) is 17.8. The Bertz CT molecular complexity index is 987. The molecule has 4 rings (SSSR count). The summed E-state index contributed by atoms with van der Waals surface area (Å²) in [6.45, 7) is 4.21. The first kappa shape index (κ1) is 19.8. The zero-order valence-corrected chi connectivity index (χ0v) is 16.8. The van der Waals surface area contributed by atoms with Crippen molar-refractivity contribution in [1.82, 2.24) is 20.3 Å². The predicted molar refractivity (Wildman–Crippen MR) is 105 cm³/mol. The number of hydrogen-bond acceptors (Lipinski definition) is 6. The number of aryl methyl sites for hydroxylation is 1. The molecule has 0 radical (unpaired) electrons. The number of fused-ring (bicyclic) bond motifs is 1. The van der Waals surface area contributed by atoms with Crippen molar-refractivity contribution in [1.29, 1.82) is 0 Å². The summed E-state index contributed by atoms with van der Waals surface area (Å²) in [7, 11) is 0. The first-order chi connectivity index (χ1) is 14.4. The molecule has 2 aliphatic heterocycles. The van der Waals surface area contributed by atoms with Crippen LogP contribution in [-0.4, -0.2) is 63.8 Å². The van der Waals surface area contributed by atoms with Crippen molar-refractivity contribution in [2.75, 3.05) is 13.1 Å². The zero-order chi connectivity index (χ0) is 21.4. The molecule has 0 aliphatic carbocycles. The van der Waals surface area contributed by atoms with Crippen LogP contribution in [0.1, 0.15) is 56.7 Å². The minimum Gasteiger partial charge on any atom is -0.361 e. The van der Waals surface area contributed by atoms with E-state index in [0.717, 1.165) is 4.90 Å². The van der Waals surface area contributed by atoms with Crippen LogP contribution < -0.4 is 5.32 Å². The second kappa shape index (κ2) is 7.74. The molecule has 1 fully saturated rings. The van der Waals surface area contributed by atoms with Gasteiger partial charge in [-0.3, -0.25) is 24.1 Å². The largest absolute Gasteiger partial charge is 0.361 e. The van der Waals surface area contributed by atoms with Crippen LogP contribution in [0, 0.1) is 6.92 Å². The number of nitrogens with zero attached hydrogens (tertiary/aromatic N) is 3. The van der Waals surface area contributed by atoms with Crippen LogP contribution in [0.3, 0.4) is 0 Å². The number of amides is 4. The van der Waals surface area contributed by atoms with E-state index in [4.69, 9.17) is 4.52 Å². The summed E-state index contributed by atoms with van der Waals surface area (Å²) in [6.07, 6.45) is 1.15. The van der Waals surface area contributed by atoms with Gasteiger partial charge in [0.1, 0.15) is 11.8 Å². The lowest BCUT2D eigenvalue weighted by molar-refractivity contribution is -0.125. The number of nitrogens with one attached hydrogen (secondary N) is 1. The van der Waals surface area contributed by atoms with Crippen molar-refractivity contribution in [3.8, 4) is 0 Å². The minimum absolute atomic E-state index is 0.141. The number of aromatic nitrogens is 1. The van der Waals surface area contributed by atoms with Crippen LogP contribution in [0.5, 0.6) is 0 Å². The van der Waals surface area contributed by atoms with Crippen molar-refractivity contribution in [3.63, 3.8) is 0 Å². The number of piperidine rings is 1. The Kier molecular flexibility index (Phi) is 5.11. The van der Waals surface area contributed by atoms with Gasteiger partial charge in [-0.15, -0.1) is 0 Å². The van der Waals surface area contributed by atoms with Gasteiger partial charge in [-0.1, -0.05) is 17.3 Å². The van der Waals surface area contributed by atoms with Crippen molar-refractivity contribution in [3.05, 3.63) is 52.9 Å². The Hall–Kier alpha value is -3.49. The van der Waals surface area contributed by atoms with Crippen molar-refractivity contribution < 1.29 is 23.7 Å². The molecule has 9 heteroatoms. The van der Waals surface area contributed by atoms with Crippen LogP contribution in [0.25, 0.3) is 0 Å². The Morgan fingerprint density at radius 3 is 2.27 bits per heavy atom. The number of imide groups is 1. The Balaban J connectivity index is 1.33. The molecular formula is C21H22N4O5. The lowest BCUT2D eigenvalue weighted by Gasteiger charge is -2.33. The van der Waals surface area contributed by atoms with Crippen LogP contribution in [0.2, 0.25) is 0 Å². The molecule has 2 aliphatic rings. The third-order valence-electron chi connectivity index (χ3n) is 5.57. The highest BCUT2D eigenvalue weighted by Crippen LogP contribution is 2.24. The molecule has 1 aromatic carbocycles. The van der Waals surface area contributed by atoms with Crippen molar-refractivity contribution in [2.24, 2.45) is 0 Å². The average molecular weight is 410 g/mol. The van der Waals surface area contributed by atoms with E-state index in [1.165, 1.54) is 0 Å². The monoisotopic (exact) mass is 410 g/mol. The lowest BCUT2D eigenvalue weighted by atomic mass is 10.0. The number of hydrogen-bond donors (Lipinski definition) is 1. The van der Waals surface area contributed by atoms with Crippen molar-refractivity contribution in [2.45, 2.75) is 38.8 Å². The molecule has 1 atom stereocenters. The molecule has 1 aromatic heterocycles. The highest BCUT2D eigenvalue weighted by molar-refractivity contribution is 6.22. The fraction of sp³-hybridized carbons (Fsp3) is 0.381. The summed E-state index contributed by atoms with van der Waals surface area (Å²) in [4.78, 5) is 53.0. The van der Waals surface area contributed by atoms with E-state index >= 15 is 0 Å². The minimum atomic E-state index is -0.921. The van der Waals surface area contributed by atoms with Gasteiger partial charge in [0.2, 0.25) is 5.91 Å². The highest BCUT2D eigenvalue weighted by Gasteiger charge is 2.41. The van der Waals surface area contributed by atoms with E-state index < -0.39 is 17.9 Å². The quantitative estimate of drug-likeness (QED) is 0.762. The van der Waals surface area contributed by atoms with Crippen LogP contribution >= 0.6 is 0 Å². The summed E-state index contributed by atoms with van der Waals surface area (Å²) >= 11 is 0. The molecule has 0 saturated carbocycles. The molecule has 9 nitrogen and oxygen atoms in total. The summed E-state index contributed by atoms with van der Waals surface area (Å²) in [5, 5.41) is 6.66. The predicted octanol–water partition coefficient (Wildman–Crippen LogP) is 1.39. The van der Waals surface area contributed by atoms with E-state index in [0.29, 0.717) is 42.8 Å². The maximum Gasteiger partial charge on any atom is 0.276 e. The fourth-order valence-corrected chi connectivity index (χ4v) is 3.85. The standard InChI is InChI=1S/C21H22N4O5/c1-12-11-17(23-30-12)21(29)24-9-7-14(8-10-24)22-18(26)13(2)25-19(27)15-5-3-4-6-16(15)20(25)28/h3-6,11,13-14H,7-10H2,1-2H3,(H,22,26). The zero-order valence-electron chi connectivity index (χ0n) is 16.8. The van der Waals surface area contributed by atoms with Gasteiger partial charge in [0.15, 0.2) is 5.69 Å². The maximum absolute atomic E-state index is 12.7. The van der Waals surface area contributed by atoms with E-state index in [9.17, 15) is 19.2 Å². The fourth-order valence-electron chi connectivity index (χ4n) is 3.85. The maximum atomic E-state index is 12.7. The van der Waals surface area contributed by atoms with Gasteiger partial charge in [0.25, 0.3) is 17.7 Å². The summed E-state index contributed by atoms with van der Waals surface area (Å²) in [5.74, 6) is -0.928. The smallest absolute Gasteiger partial charge is 0.276 e. The van der Waals surface area contributed by atoms with Gasteiger partial charge < -0.3 is 14.7 Å². The van der Waals surface area contributed by atoms with E-state index in [-0.39, 0.29) is 23.6 Å². The second-order valence-corrected chi connectivity index (χ2v) is 7.60. The van der Waals surface area contributed by atoms with E-state index in [1.807, 2.05) is 0 Å². The van der Waals surface area contributed by atoms with Gasteiger partial charge in [0.05, 0.1) is 11.1 Å². The van der Waals surface area contributed by atoms with Gasteiger partial charge >= 0.3 is 0 Å². The summed E-state index contributed by atoms with van der Waals surface area (Å²) in [6, 6.07) is 7.09. The van der Waals surface area contributed by atoms with Crippen molar-refractivity contribution >= 4 is 23.6 Å². The third kappa shape index (κ3) is 3.47. The topological polar surface area (TPSA) is 113 Å². The Morgan fingerprint density at radius 1 is 1.13 bits per heavy atom. The first-order valence-corrected chi connectivity index (χ1v) is 9.86. The number of carbonyl (C=O) groups is 4. The molecule has 1 N–H and O–H groups in total. The lowest BCUT2D eigenvalue weighted by Crippen LogP contribution is -2.53. The summed E-state index contributed by atoms with van der Waals surface area (Å²) < 4.78 is 4.95. The van der Waals surface area contributed by atoms with Gasteiger partial charge in [-0.05, 0) is 38.8 Å². The molecule has 156 valence electrons. The number of rotatable bonds is 4. The van der Waals surface area contributed by atoms with Gasteiger partial charge in [0, 0.05) is 25.2 Å². The SMILES string of the molecule is Cc1cc(C(=O)N2CCC(NC(=O)C(C)N3C(=O)c4ccccc4C3=O)CC2)no1. The average Bonchev–Trinajstić information content (AvgIpc) is 3.29. The van der Waals surface area contributed by atoms with Crippen LogP contribution in [0.4, 0.5) is 0 Å². The molecule has 2 aromatic rings. The molecule has 1 unspecified atom stereocenters. The number of benzene rings is 1. The molecule has 0 spiro atoms. The molecular weight excluding hydrogens is 388 g/mol. The second-order valence-electron chi connectivity index (χ2n) is 7.60. The Morgan fingerprint density at radius 2 is 1.73 bits per heavy atom. The molecule has 1 saturated heterocycles.